The van der Waals surface area contributed by atoms with E-state index in [1.165, 1.54) is 0 Å². The van der Waals surface area contributed by atoms with Crippen LogP contribution in [-0.4, -0.2) is 52.1 Å². The van der Waals surface area contributed by atoms with Crippen molar-refractivity contribution in [3.8, 4) is 0 Å². The van der Waals surface area contributed by atoms with Crippen molar-refractivity contribution >= 4 is 6.09 Å². The number of ether oxygens (including phenoxy) is 1. The monoisotopic (exact) mass is 259 g/mol. The summed E-state index contributed by atoms with van der Waals surface area (Å²) in [6.45, 7) is 7.76. The van der Waals surface area contributed by atoms with Crippen LogP contribution in [0.15, 0.2) is 0 Å². The first kappa shape index (κ1) is 15.2. The van der Waals surface area contributed by atoms with Crippen LogP contribution in [0.25, 0.3) is 0 Å². The first-order valence-electron chi connectivity index (χ1n) is 6.55. The summed E-state index contributed by atoms with van der Waals surface area (Å²) in [6, 6.07) is -0.248. The van der Waals surface area contributed by atoms with Crippen molar-refractivity contribution in [2.45, 2.75) is 58.3 Å². The van der Waals surface area contributed by atoms with Gasteiger partial charge in [0.15, 0.2) is 0 Å². The second-order valence-corrected chi connectivity index (χ2v) is 6.03. The number of hydrogen-bond donors (Lipinski definition) is 2. The molecule has 0 bridgehead atoms. The van der Waals surface area contributed by atoms with Gasteiger partial charge in [0.2, 0.25) is 0 Å². The zero-order valence-corrected chi connectivity index (χ0v) is 11.7. The Kier molecular flexibility index (Phi) is 4.99. The van der Waals surface area contributed by atoms with E-state index < -0.39 is 11.7 Å². The van der Waals surface area contributed by atoms with Crippen LogP contribution in [0, 0.1) is 5.92 Å². The number of hydrogen-bond acceptors (Lipinski definition) is 4. The first-order valence-corrected chi connectivity index (χ1v) is 6.55. The third kappa shape index (κ3) is 3.85. The van der Waals surface area contributed by atoms with Crippen molar-refractivity contribution in [3.05, 3.63) is 0 Å². The number of aliphatic hydroxyl groups is 2. The number of rotatable bonds is 3. The molecule has 5 heteroatoms. The Morgan fingerprint density at radius 1 is 1.50 bits per heavy atom. The fourth-order valence-electron chi connectivity index (χ4n) is 2.18. The molecule has 1 aliphatic heterocycles. The predicted octanol–water partition coefficient (Wildman–Crippen LogP) is 1.38. The molecule has 5 nitrogen and oxygen atoms in total. The van der Waals surface area contributed by atoms with Gasteiger partial charge in [-0.2, -0.15) is 0 Å². The van der Waals surface area contributed by atoms with Crippen LogP contribution in [0.4, 0.5) is 4.79 Å². The van der Waals surface area contributed by atoms with Gasteiger partial charge in [0.05, 0.1) is 12.1 Å². The fourth-order valence-corrected chi connectivity index (χ4v) is 2.18. The Morgan fingerprint density at radius 3 is 2.61 bits per heavy atom. The number of carbonyl (C=O) groups excluding carboxylic acids is 1. The summed E-state index contributed by atoms with van der Waals surface area (Å²) >= 11 is 0. The predicted molar refractivity (Wildman–Crippen MR) is 68.2 cm³/mol. The van der Waals surface area contributed by atoms with Gasteiger partial charge in [-0.15, -0.1) is 0 Å². The minimum Gasteiger partial charge on any atom is -0.444 e. The average molecular weight is 259 g/mol. The van der Waals surface area contributed by atoms with Gasteiger partial charge in [0.25, 0.3) is 0 Å². The van der Waals surface area contributed by atoms with E-state index in [1.54, 1.807) is 11.8 Å². The molecule has 0 spiro atoms. The maximum Gasteiger partial charge on any atom is 0.410 e. The molecule has 0 aromatic carbocycles. The highest BCUT2D eigenvalue weighted by atomic mass is 16.6. The standard InChI is InChI=1S/C13H25NO4/c1-9(8-15)11(16)10-6-5-7-14(10)12(17)18-13(2,3)4/h9-11,15-16H,5-8H2,1-4H3. The molecule has 0 radical (unpaired) electrons. The van der Waals surface area contributed by atoms with Crippen LogP contribution >= 0.6 is 0 Å². The molecule has 1 fully saturated rings. The molecule has 3 unspecified atom stereocenters. The molecule has 18 heavy (non-hydrogen) atoms. The van der Waals surface area contributed by atoms with E-state index in [0.29, 0.717) is 6.54 Å². The summed E-state index contributed by atoms with van der Waals surface area (Å²) < 4.78 is 5.33. The Balaban J connectivity index is 2.67. The van der Waals surface area contributed by atoms with Gasteiger partial charge in [0, 0.05) is 19.1 Å². The fraction of sp³-hybridized carbons (Fsp3) is 0.923. The van der Waals surface area contributed by atoms with Gasteiger partial charge in [-0.1, -0.05) is 6.92 Å². The van der Waals surface area contributed by atoms with Crippen molar-refractivity contribution < 1.29 is 19.7 Å². The zero-order valence-electron chi connectivity index (χ0n) is 11.7. The number of amides is 1. The van der Waals surface area contributed by atoms with E-state index in [2.05, 4.69) is 0 Å². The molecule has 106 valence electrons. The molecule has 0 aromatic rings. The highest BCUT2D eigenvalue weighted by Gasteiger charge is 2.38. The Labute approximate surface area is 109 Å². The summed E-state index contributed by atoms with van der Waals surface area (Å²) in [4.78, 5) is 13.6. The smallest absolute Gasteiger partial charge is 0.410 e. The molecular weight excluding hydrogens is 234 g/mol. The number of carbonyl (C=O) groups is 1. The highest BCUT2D eigenvalue weighted by molar-refractivity contribution is 5.69. The lowest BCUT2D eigenvalue weighted by Crippen LogP contribution is -2.47. The van der Waals surface area contributed by atoms with Crippen molar-refractivity contribution in [2.24, 2.45) is 5.92 Å². The lowest BCUT2D eigenvalue weighted by molar-refractivity contribution is -0.0130. The molecule has 1 amide bonds. The Morgan fingerprint density at radius 2 is 2.11 bits per heavy atom. The molecule has 0 aromatic heterocycles. The van der Waals surface area contributed by atoms with E-state index in [-0.39, 0.29) is 24.7 Å². The topological polar surface area (TPSA) is 70.0 Å². The van der Waals surface area contributed by atoms with E-state index in [4.69, 9.17) is 9.84 Å². The third-order valence-electron chi connectivity index (χ3n) is 3.19. The second-order valence-electron chi connectivity index (χ2n) is 6.03. The molecule has 1 rings (SSSR count). The second kappa shape index (κ2) is 5.89. The lowest BCUT2D eigenvalue weighted by atomic mass is 9.97. The molecule has 3 atom stereocenters. The normalized spacial score (nSPS) is 23.9. The molecule has 0 saturated carbocycles. The minimum absolute atomic E-state index is 0.0835. The number of aliphatic hydroxyl groups excluding tert-OH is 2. The summed E-state index contributed by atoms with van der Waals surface area (Å²) in [7, 11) is 0. The van der Waals surface area contributed by atoms with Crippen LogP contribution < -0.4 is 0 Å². The highest BCUT2D eigenvalue weighted by Crippen LogP contribution is 2.25. The van der Waals surface area contributed by atoms with Gasteiger partial charge in [-0.25, -0.2) is 4.79 Å². The van der Waals surface area contributed by atoms with Crippen molar-refractivity contribution in [2.75, 3.05) is 13.2 Å². The molecule has 0 aliphatic carbocycles. The third-order valence-corrected chi connectivity index (χ3v) is 3.19. The van der Waals surface area contributed by atoms with Gasteiger partial charge < -0.3 is 19.8 Å². The maximum absolute atomic E-state index is 12.0. The van der Waals surface area contributed by atoms with Crippen LogP contribution in [0.3, 0.4) is 0 Å². The largest absolute Gasteiger partial charge is 0.444 e. The van der Waals surface area contributed by atoms with Crippen LogP contribution in [0.2, 0.25) is 0 Å². The molecular formula is C13H25NO4. The van der Waals surface area contributed by atoms with Gasteiger partial charge in [-0.3, -0.25) is 0 Å². The Bertz CT molecular complexity index is 287. The van der Waals surface area contributed by atoms with Crippen molar-refractivity contribution in [1.82, 2.24) is 4.90 Å². The molecule has 1 aliphatic rings. The van der Waals surface area contributed by atoms with Crippen LogP contribution in [-0.2, 0) is 4.74 Å². The van der Waals surface area contributed by atoms with Gasteiger partial charge in [0.1, 0.15) is 5.60 Å². The van der Waals surface area contributed by atoms with Gasteiger partial charge in [-0.05, 0) is 33.6 Å². The average Bonchev–Trinajstić information content (AvgIpc) is 2.73. The summed E-state index contributed by atoms with van der Waals surface area (Å²) in [5.74, 6) is -0.238. The SMILES string of the molecule is CC(CO)C(O)C1CCCN1C(=O)OC(C)(C)C. The summed E-state index contributed by atoms with van der Waals surface area (Å²) in [5, 5.41) is 19.2. The summed E-state index contributed by atoms with van der Waals surface area (Å²) in [6.07, 6.45) is 0.531. The van der Waals surface area contributed by atoms with Crippen LogP contribution in [0.5, 0.6) is 0 Å². The van der Waals surface area contributed by atoms with E-state index in [1.807, 2.05) is 20.8 Å². The molecule has 2 N–H and O–H groups in total. The van der Waals surface area contributed by atoms with Gasteiger partial charge >= 0.3 is 6.09 Å². The molecule has 1 heterocycles. The quantitative estimate of drug-likeness (QED) is 0.803. The maximum atomic E-state index is 12.0. The van der Waals surface area contributed by atoms with E-state index in [9.17, 15) is 9.90 Å². The number of likely N-dealkylation sites (tertiary alicyclic amines) is 1. The summed E-state index contributed by atoms with van der Waals surface area (Å²) in [5.41, 5.74) is -0.530. The lowest BCUT2D eigenvalue weighted by Gasteiger charge is -2.32. The van der Waals surface area contributed by atoms with E-state index in [0.717, 1.165) is 12.8 Å². The van der Waals surface area contributed by atoms with Crippen molar-refractivity contribution in [1.29, 1.82) is 0 Å². The zero-order chi connectivity index (χ0) is 13.9. The minimum atomic E-state index is -0.704. The Hall–Kier alpha value is -0.810. The number of nitrogens with zero attached hydrogens (tertiary/aromatic N) is 1. The van der Waals surface area contributed by atoms with Crippen molar-refractivity contribution in [3.63, 3.8) is 0 Å². The first-order chi connectivity index (χ1) is 8.26. The van der Waals surface area contributed by atoms with Crippen LogP contribution in [0.1, 0.15) is 40.5 Å². The van der Waals surface area contributed by atoms with E-state index >= 15 is 0 Å². The molecule has 1 saturated heterocycles.